The highest BCUT2D eigenvalue weighted by Crippen LogP contribution is 2.60. The molecule has 8 heteroatoms. The maximum Gasteiger partial charge on any atom is 0.260 e. The van der Waals surface area contributed by atoms with E-state index in [9.17, 15) is 13.2 Å². The van der Waals surface area contributed by atoms with E-state index in [1.165, 1.54) is 50.3 Å². The highest BCUT2D eigenvalue weighted by molar-refractivity contribution is 9.10. The number of hydrogen-bond donors (Lipinski definition) is 1. The summed E-state index contributed by atoms with van der Waals surface area (Å²) in [5.74, 6) is 2.04. The quantitative estimate of drug-likeness (QED) is 0.401. The standard InChI is InChI=1S/C26H30BrN3O3S/c1-34(32,33)30(17-25(31)29-28-16-18-3-2-4-23(27)12-18)24-7-5-22(6-8-24)26-13-19-9-20(14-26)11-21(10-19)15-26/h2-8,12,16,19-21H,9-11,13-15,17H2,1H3,(H,29,31)/b28-16-. The van der Waals surface area contributed by atoms with Crippen LogP contribution in [-0.4, -0.2) is 33.3 Å². The van der Waals surface area contributed by atoms with Gasteiger partial charge in [-0.15, -0.1) is 0 Å². The zero-order chi connectivity index (χ0) is 23.9. The largest absolute Gasteiger partial charge is 0.271 e. The fraction of sp³-hybridized carbons (Fsp3) is 0.462. The summed E-state index contributed by atoms with van der Waals surface area (Å²) in [7, 11) is -3.64. The molecule has 0 aliphatic heterocycles. The van der Waals surface area contributed by atoms with E-state index in [1.807, 2.05) is 36.4 Å². The van der Waals surface area contributed by atoms with E-state index in [-0.39, 0.29) is 12.0 Å². The van der Waals surface area contributed by atoms with Crippen molar-refractivity contribution in [3.05, 3.63) is 64.1 Å². The first-order valence-electron chi connectivity index (χ1n) is 11.9. The Balaban J connectivity index is 1.29. The van der Waals surface area contributed by atoms with E-state index in [4.69, 9.17) is 0 Å². The van der Waals surface area contributed by atoms with E-state index in [0.29, 0.717) is 5.69 Å². The number of nitrogens with one attached hydrogen (secondary N) is 1. The molecule has 4 saturated carbocycles. The minimum Gasteiger partial charge on any atom is -0.271 e. The number of benzene rings is 2. The fourth-order valence-corrected chi connectivity index (χ4v) is 8.05. The van der Waals surface area contributed by atoms with Crippen molar-refractivity contribution in [2.75, 3.05) is 17.1 Å². The third-order valence-electron chi connectivity index (χ3n) is 7.74. The molecular formula is C26H30BrN3O3S. The summed E-state index contributed by atoms with van der Waals surface area (Å²) in [6, 6.07) is 15.4. The van der Waals surface area contributed by atoms with Crippen molar-refractivity contribution >= 4 is 43.8 Å². The van der Waals surface area contributed by atoms with Gasteiger partial charge in [0.25, 0.3) is 5.91 Å². The number of halogens is 1. The van der Waals surface area contributed by atoms with Gasteiger partial charge in [0.05, 0.1) is 18.2 Å². The smallest absolute Gasteiger partial charge is 0.260 e. The predicted octanol–water partition coefficient (Wildman–Crippen LogP) is 4.83. The van der Waals surface area contributed by atoms with Gasteiger partial charge in [0, 0.05) is 4.47 Å². The first-order valence-corrected chi connectivity index (χ1v) is 14.5. The van der Waals surface area contributed by atoms with Crippen molar-refractivity contribution in [1.29, 1.82) is 0 Å². The Bertz CT molecular complexity index is 1170. The maximum absolute atomic E-state index is 12.5. The molecule has 1 amide bonds. The van der Waals surface area contributed by atoms with Gasteiger partial charge in [-0.3, -0.25) is 9.10 Å². The summed E-state index contributed by atoms with van der Waals surface area (Å²) in [5, 5.41) is 3.96. The molecule has 4 fully saturated rings. The Kier molecular flexibility index (Phi) is 6.31. The van der Waals surface area contributed by atoms with Crippen LogP contribution in [0.1, 0.15) is 49.7 Å². The maximum atomic E-state index is 12.5. The number of carbonyl (C=O) groups is 1. The van der Waals surface area contributed by atoms with Crippen LogP contribution < -0.4 is 9.73 Å². The number of nitrogens with zero attached hydrogens (tertiary/aromatic N) is 2. The average Bonchev–Trinajstić information content (AvgIpc) is 2.76. The van der Waals surface area contributed by atoms with Gasteiger partial charge in [0.2, 0.25) is 10.0 Å². The van der Waals surface area contributed by atoms with E-state index < -0.39 is 15.9 Å². The predicted molar refractivity (Wildman–Crippen MR) is 138 cm³/mol. The minimum atomic E-state index is -3.64. The molecule has 4 aliphatic carbocycles. The SMILES string of the molecule is CS(=O)(=O)N(CC(=O)N/N=C\c1cccc(Br)c1)c1ccc(C23CC4CC(CC(C4)C2)C3)cc1. The summed E-state index contributed by atoms with van der Waals surface area (Å²) in [6.45, 7) is -0.328. The van der Waals surface area contributed by atoms with Crippen molar-refractivity contribution in [1.82, 2.24) is 5.43 Å². The summed E-state index contributed by atoms with van der Waals surface area (Å²) < 4.78 is 27.1. The Morgan fingerprint density at radius 3 is 2.26 bits per heavy atom. The lowest BCUT2D eigenvalue weighted by Gasteiger charge is -2.57. The second-order valence-electron chi connectivity index (χ2n) is 10.4. The molecule has 0 atom stereocenters. The monoisotopic (exact) mass is 543 g/mol. The van der Waals surface area contributed by atoms with Crippen LogP contribution in [0.3, 0.4) is 0 Å². The van der Waals surface area contributed by atoms with E-state index >= 15 is 0 Å². The van der Waals surface area contributed by atoms with Gasteiger partial charge in [0.1, 0.15) is 6.54 Å². The Morgan fingerprint density at radius 2 is 1.71 bits per heavy atom. The van der Waals surface area contributed by atoms with Gasteiger partial charge in [-0.1, -0.05) is 40.2 Å². The summed E-state index contributed by atoms with van der Waals surface area (Å²) in [6.07, 6.45) is 10.6. The van der Waals surface area contributed by atoms with Crippen LogP contribution in [0.25, 0.3) is 0 Å². The van der Waals surface area contributed by atoms with Crippen LogP contribution in [0.2, 0.25) is 0 Å². The summed E-state index contributed by atoms with van der Waals surface area (Å²) in [4.78, 5) is 12.5. The van der Waals surface area contributed by atoms with Crippen LogP contribution in [-0.2, 0) is 20.2 Å². The van der Waals surface area contributed by atoms with Crippen molar-refractivity contribution in [2.45, 2.75) is 43.9 Å². The van der Waals surface area contributed by atoms with Gasteiger partial charge in [0.15, 0.2) is 0 Å². The van der Waals surface area contributed by atoms with E-state index in [1.54, 1.807) is 0 Å². The second kappa shape index (κ2) is 9.11. The molecule has 0 saturated heterocycles. The Hall–Kier alpha value is -2.19. The third-order valence-corrected chi connectivity index (χ3v) is 9.38. The molecular weight excluding hydrogens is 514 g/mol. The van der Waals surface area contributed by atoms with Crippen LogP contribution in [0.15, 0.2) is 58.1 Å². The molecule has 4 bridgehead atoms. The molecule has 34 heavy (non-hydrogen) atoms. The Morgan fingerprint density at radius 1 is 1.09 bits per heavy atom. The van der Waals surface area contributed by atoms with Crippen LogP contribution >= 0.6 is 15.9 Å². The Labute approximate surface area is 210 Å². The molecule has 180 valence electrons. The molecule has 4 aliphatic rings. The normalized spacial score (nSPS) is 27.8. The molecule has 6 rings (SSSR count). The van der Waals surface area contributed by atoms with Crippen LogP contribution in [0, 0.1) is 17.8 Å². The van der Waals surface area contributed by atoms with Crippen molar-refractivity contribution in [3.63, 3.8) is 0 Å². The van der Waals surface area contributed by atoms with Crippen molar-refractivity contribution < 1.29 is 13.2 Å². The average molecular weight is 545 g/mol. The lowest BCUT2D eigenvalue weighted by Crippen LogP contribution is -2.48. The molecule has 0 spiro atoms. The zero-order valence-corrected chi connectivity index (χ0v) is 21.7. The second-order valence-corrected chi connectivity index (χ2v) is 13.2. The molecule has 0 unspecified atom stereocenters. The van der Waals surface area contributed by atoms with Gasteiger partial charge < -0.3 is 0 Å². The van der Waals surface area contributed by atoms with Gasteiger partial charge in [-0.2, -0.15) is 5.10 Å². The van der Waals surface area contributed by atoms with Crippen LogP contribution in [0.5, 0.6) is 0 Å². The molecule has 0 radical (unpaired) electrons. The first kappa shape index (κ1) is 23.5. The van der Waals surface area contributed by atoms with Crippen molar-refractivity contribution in [3.8, 4) is 0 Å². The zero-order valence-electron chi connectivity index (χ0n) is 19.3. The third kappa shape index (κ3) is 4.93. The van der Waals surface area contributed by atoms with Gasteiger partial charge in [-0.25, -0.2) is 13.8 Å². The summed E-state index contributed by atoms with van der Waals surface area (Å²) in [5.41, 5.74) is 5.33. The fourth-order valence-electron chi connectivity index (χ4n) is 6.78. The number of anilines is 1. The van der Waals surface area contributed by atoms with E-state index in [0.717, 1.165) is 38.4 Å². The number of amides is 1. The summed E-state index contributed by atoms with van der Waals surface area (Å²) >= 11 is 3.39. The number of hydrazone groups is 1. The van der Waals surface area contributed by atoms with Crippen molar-refractivity contribution in [2.24, 2.45) is 22.9 Å². The lowest BCUT2D eigenvalue weighted by molar-refractivity contribution is -0.119. The first-order chi connectivity index (χ1) is 16.2. The van der Waals surface area contributed by atoms with E-state index in [2.05, 4.69) is 38.6 Å². The molecule has 0 heterocycles. The molecule has 6 nitrogen and oxygen atoms in total. The minimum absolute atomic E-state index is 0.252. The molecule has 1 N–H and O–H groups in total. The lowest BCUT2D eigenvalue weighted by atomic mass is 9.48. The van der Waals surface area contributed by atoms with Gasteiger partial charge in [-0.05, 0) is 97.1 Å². The number of sulfonamides is 1. The topological polar surface area (TPSA) is 78.8 Å². The molecule has 2 aromatic carbocycles. The van der Waals surface area contributed by atoms with Crippen LogP contribution in [0.4, 0.5) is 5.69 Å². The molecule has 2 aromatic rings. The number of rotatable bonds is 7. The number of hydrogen-bond acceptors (Lipinski definition) is 4. The van der Waals surface area contributed by atoms with Gasteiger partial charge >= 0.3 is 0 Å². The number of carbonyl (C=O) groups excluding carboxylic acids is 1. The molecule has 0 aromatic heterocycles. The highest BCUT2D eigenvalue weighted by Gasteiger charge is 2.51. The highest BCUT2D eigenvalue weighted by atomic mass is 79.9.